The normalized spacial score (nSPS) is 19.5. The van der Waals surface area contributed by atoms with Crippen LogP contribution in [0, 0.1) is 6.92 Å². The third-order valence-corrected chi connectivity index (χ3v) is 3.21. The summed E-state index contributed by atoms with van der Waals surface area (Å²) in [6.07, 6.45) is 3.70. The monoisotopic (exact) mass is 204 g/mol. The van der Waals surface area contributed by atoms with E-state index in [4.69, 9.17) is 0 Å². The van der Waals surface area contributed by atoms with Crippen LogP contribution in [0.4, 0.5) is 5.69 Å². The molecule has 15 heavy (non-hydrogen) atoms. The molecule has 0 spiro atoms. The number of rotatable bonds is 3. The molecule has 0 amide bonds. The minimum Gasteiger partial charge on any atom is -0.382 e. The number of hydrogen-bond acceptors (Lipinski definition) is 2. The summed E-state index contributed by atoms with van der Waals surface area (Å²) in [5.74, 6) is 0. The van der Waals surface area contributed by atoms with Crippen LogP contribution in [0.25, 0.3) is 0 Å². The maximum absolute atomic E-state index is 3.66. The summed E-state index contributed by atoms with van der Waals surface area (Å²) < 4.78 is 0. The van der Waals surface area contributed by atoms with Crippen molar-refractivity contribution in [1.29, 1.82) is 0 Å². The lowest BCUT2D eigenvalue weighted by Gasteiger charge is -2.28. The Morgan fingerprint density at radius 3 is 3.13 bits per heavy atom. The maximum atomic E-state index is 3.66. The second kappa shape index (κ2) is 4.67. The molecule has 0 bridgehead atoms. The summed E-state index contributed by atoms with van der Waals surface area (Å²) in [5.41, 5.74) is 4.24. The summed E-state index contributed by atoms with van der Waals surface area (Å²) in [7, 11) is 2.02. The molecule has 1 heterocycles. The summed E-state index contributed by atoms with van der Waals surface area (Å²) in [5, 5.41) is 6.87. The third-order valence-electron chi connectivity index (χ3n) is 3.21. The fourth-order valence-electron chi connectivity index (χ4n) is 2.28. The first-order chi connectivity index (χ1) is 7.31. The molecule has 0 saturated heterocycles. The first-order valence-electron chi connectivity index (χ1n) is 5.81. The molecule has 0 radical (unpaired) electrons. The van der Waals surface area contributed by atoms with Crippen LogP contribution >= 0.6 is 0 Å². The Balaban J connectivity index is 2.08. The Morgan fingerprint density at radius 1 is 1.47 bits per heavy atom. The van der Waals surface area contributed by atoms with Gasteiger partial charge in [-0.1, -0.05) is 18.2 Å². The Bertz CT molecular complexity index is 333. The highest BCUT2D eigenvalue weighted by molar-refractivity contribution is 5.59. The van der Waals surface area contributed by atoms with Gasteiger partial charge in [0.2, 0.25) is 0 Å². The number of nitrogens with one attached hydrogen (secondary N) is 2. The molecular weight excluding hydrogens is 184 g/mol. The fourth-order valence-corrected chi connectivity index (χ4v) is 2.28. The van der Waals surface area contributed by atoms with Crippen LogP contribution in [0.5, 0.6) is 0 Å². The van der Waals surface area contributed by atoms with Crippen molar-refractivity contribution >= 4 is 5.69 Å². The minimum atomic E-state index is 0.644. The van der Waals surface area contributed by atoms with Crippen molar-refractivity contribution in [2.45, 2.75) is 32.2 Å². The molecular formula is C13H20N2. The Morgan fingerprint density at radius 2 is 2.33 bits per heavy atom. The standard InChI is InChI=1S/C13H20N2/c1-10-4-3-5-11-6-7-12(8-9-14-2)15-13(10)11/h3-5,12,14-15H,6-9H2,1-2H3. The molecule has 82 valence electrons. The van der Waals surface area contributed by atoms with Gasteiger partial charge in [-0.25, -0.2) is 0 Å². The summed E-state index contributed by atoms with van der Waals surface area (Å²) in [6, 6.07) is 7.23. The summed E-state index contributed by atoms with van der Waals surface area (Å²) >= 11 is 0. The molecule has 1 aromatic rings. The van der Waals surface area contributed by atoms with Crippen LogP contribution in [-0.2, 0) is 6.42 Å². The predicted molar refractivity (Wildman–Crippen MR) is 65.5 cm³/mol. The zero-order valence-electron chi connectivity index (χ0n) is 9.64. The highest BCUT2D eigenvalue weighted by atomic mass is 14.9. The van der Waals surface area contributed by atoms with E-state index >= 15 is 0 Å². The molecule has 2 N–H and O–H groups in total. The number of hydrogen-bond donors (Lipinski definition) is 2. The van der Waals surface area contributed by atoms with Crippen LogP contribution in [0.3, 0.4) is 0 Å². The number of anilines is 1. The topological polar surface area (TPSA) is 24.1 Å². The van der Waals surface area contributed by atoms with Gasteiger partial charge < -0.3 is 10.6 Å². The SMILES string of the molecule is CNCCC1CCc2cccc(C)c2N1. The van der Waals surface area contributed by atoms with Gasteiger partial charge in [-0.15, -0.1) is 0 Å². The molecule has 0 aliphatic carbocycles. The number of benzene rings is 1. The molecule has 1 aromatic carbocycles. The summed E-state index contributed by atoms with van der Waals surface area (Å²) in [4.78, 5) is 0. The lowest BCUT2D eigenvalue weighted by molar-refractivity contribution is 0.567. The van der Waals surface area contributed by atoms with Crippen molar-refractivity contribution < 1.29 is 0 Å². The van der Waals surface area contributed by atoms with Crippen molar-refractivity contribution in [1.82, 2.24) is 5.32 Å². The zero-order chi connectivity index (χ0) is 10.7. The molecule has 2 nitrogen and oxygen atoms in total. The van der Waals surface area contributed by atoms with Gasteiger partial charge in [0.05, 0.1) is 0 Å². The molecule has 0 saturated carbocycles. The largest absolute Gasteiger partial charge is 0.382 e. The first-order valence-corrected chi connectivity index (χ1v) is 5.81. The van der Waals surface area contributed by atoms with E-state index in [2.05, 4.69) is 35.8 Å². The van der Waals surface area contributed by atoms with Crippen molar-refractivity contribution in [3.05, 3.63) is 29.3 Å². The highest BCUT2D eigenvalue weighted by Gasteiger charge is 2.17. The van der Waals surface area contributed by atoms with Gasteiger partial charge in [-0.05, 0) is 50.9 Å². The fraction of sp³-hybridized carbons (Fsp3) is 0.538. The van der Waals surface area contributed by atoms with Gasteiger partial charge >= 0.3 is 0 Å². The van der Waals surface area contributed by atoms with Crippen molar-refractivity contribution in [3.8, 4) is 0 Å². The van der Waals surface area contributed by atoms with E-state index in [1.54, 1.807) is 0 Å². The zero-order valence-corrected chi connectivity index (χ0v) is 9.64. The third kappa shape index (κ3) is 2.32. The van der Waals surface area contributed by atoms with Crippen LogP contribution in [0.1, 0.15) is 24.0 Å². The van der Waals surface area contributed by atoms with Crippen LogP contribution in [0.15, 0.2) is 18.2 Å². The smallest absolute Gasteiger partial charge is 0.0404 e. The van der Waals surface area contributed by atoms with Crippen LogP contribution in [-0.4, -0.2) is 19.6 Å². The summed E-state index contributed by atoms with van der Waals surface area (Å²) in [6.45, 7) is 3.28. The van der Waals surface area contributed by atoms with Gasteiger partial charge in [-0.3, -0.25) is 0 Å². The van der Waals surface area contributed by atoms with E-state index in [0.717, 1.165) is 6.54 Å². The van der Waals surface area contributed by atoms with Gasteiger partial charge in [0.1, 0.15) is 0 Å². The average Bonchev–Trinajstić information content (AvgIpc) is 2.27. The van der Waals surface area contributed by atoms with E-state index in [-0.39, 0.29) is 0 Å². The Labute approximate surface area is 92.1 Å². The molecule has 2 heteroatoms. The molecule has 1 unspecified atom stereocenters. The Kier molecular flexibility index (Phi) is 3.27. The van der Waals surface area contributed by atoms with Gasteiger partial charge in [0.15, 0.2) is 0 Å². The van der Waals surface area contributed by atoms with Crippen molar-refractivity contribution in [2.75, 3.05) is 18.9 Å². The van der Waals surface area contributed by atoms with Gasteiger partial charge in [0.25, 0.3) is 0 Å². The molecule has 2 rings (SSSR count). The lowest BCUT2D eigenvalue weighted by atomic mass is 9.94. The molecule has 1 aliphatic rings. The van der Waals surface area contributed by atoms with E-state index in [1.165, 1.54) is 36.1 Å². The van der Waals surface area contributed by atoms with Crippen LogP contribution in [0.2, 0.25) is 0 Å². The van der Waals surface area contributed by atoms with E-state index in [0.29, 0.717) is 6.04 Å². The van der Waals surface area contributed by atoms with Gasteiger partial charge in [0, 0.05) is 11.7 Å². The predicted octanol–water partition coefficient (Wildman–Crippen LogP) is 2.33. The van der Waals surface area contributed by atoms with E-state index in [1.807, 2.05) is 7.05 Å². The second-order valence-electron chi connectivity index (χ2n) is 4.38. The highest BCUT2D eigenvalue weighted by Crippen LogP contribution is 2.28. The minimum absolute atomic E-state index is 0.644. The lowest BCUT2D eigenvalue weighted by Crippen LogP contribution is -2.29. The Hall–Kier alpha value is -1.02. The van der Waals surface area contributed by atoms with E-state index in [9.17, 15) is 0 Å². The van der Waals surface area contributed by atoms with E-state index < -0.39 is 0 Å². The molecule has 1 atom stereocenters. The van der Waals surface area contributed by atoms with Crippen molar-refractivity contribution in [3.63, 3.8) is 0 Å². The molecule has 1 aliphatic heterocycles. The maximum Gasteiger partial charge on any atom is 0.0404 e. The second-order valence-corrected chi connectivity index (χ2v) is 4.38. The molecule has 0 fully saturated rings. The number of para-hydroxylation sites is 1. The van der Waals surface area contributed by atoms with Crippen molar-refractivity contribution in [2.24, 2.45) is 0 Å². The number of fused-ring (bicyclic) bond motifs is 1. The van der Waals surface area contributed by atoms with Crippen LogP contribution < -0.4 is 10.6 Å². The number of aryl methyl sites for hydroxylation is 2. The van der Waals surface area contributed by atoms with Gasteiger partial charge in [-0.2, -0.15) is 0 Å². The molecule has 0 aromatic heterocycles. The quantitative estimate of drug-likeness (QED) is 0.789. The average molecular weight is 204 g/mol. The first kappa shape index (κ1) is 10.5.